The van der Waals surface area contributed by atoms with Crippen LogP contribution in [0.15, 0.2) is 46.9 Å². The van der Waals surface area contributed by atoms with E-state index in [0.29, 0.717) is 6.42 Å². The van der Waals surface area contributed by atoms with Crippen molar-refractivity contribution >= 4 is 15.9 Å². The Labute approximate surface area is 128 Å². The summed E-state index contributed by atoms with van der Waals surface area (Å²) in [5.41, 5.74) is 3.24. The molecule has 2 aromatic rings. The molecule has 3 heteroatoms. The molecule has 1 unspecified atom stereocenters. The molecule has 0 saturated heterocycles. The fraction of sp³-hybridized carbons (Fsp3) is 0.294. The molecule has 0 radical (unpaired) electrons. The van der Waals surface area contributed by atoms with Gasteiger partial charge in [-0.2, -0.15) is 0 Å². The molecule has 0 aliphatic heterocycles. The number of hydrogen-bond acceptors (Lipinski definition) is 1. The third kappa shape index (κ3) is 3.90. The van der Waals surface area contributed by atoms with E-state index in [1.807, 2.05) is 19.2 Å². The van der Waals surface area contributed by atoms with Crippen LogP contribution in [0.4, 0.5) is 4.39 Å². The molecule has 0 saturated carbocycles. The minimum absolute atomic E-state index is 0.146. The molecule has 106 valence electrons. The van der Waals surface area contributed by atoms with Gasteiger partial charge in [-0.1, -0.05) is 51.8 Å². The highest BCUT2D eigenvalue weighted by Crippen LogP contribution is 2.24. The largest absolute Gasteiger partial charge is 0.319 e. The van der Waals surface area contributed by atoms with Crippen molar-refractivity contribution in [2.45, 2.75) is 19.3 Å². The molecule has 1 atom stereocenters. The van der Waals surface area contributed by atoms with Crippen molar-refractivity contribution in [3.8, 4) is 0 Å². The van der Waals surface area contributed by atoms with E-state index < -0.39 is 0 Å². The van der Waals surface area contributed by atoms with E-state index in [1.54, 1.807) is 0 Å². The highest BCUT2D eigenvalue weighted by Gasteiger charge is 2.14. The van der Waals surface area contributed by atoms with Crippen molar-refractivity contribution in [2.75, 3.05) is 13.6 Å². The van der Waals surface area contributed by atoms with Crippen molar-refractivity contribution in [3.63, 3.8) is 0 Å². The maximum absolute atomic E-state index is 14.0. The zero-order chi connectivity index (χ0) is 14.5. The Balaban J connectivity index is 2.22. The first-order chi connectivity index (χ1) is 9.60. The number of aryl methyl sites for hydroxylation is 1. The normalized spacial score (nSPS) is 12.4. The molecule has 2 aromatic carbocycles. The fourth-order valence-corrected chi connectivity index (χ4v) is 2.68. The second-order valence-electron chi connectivity index (χ2n) is 5.11. The van der Waals surface area contributed by atoms with Crippen molar-refractivity contribution in [2.24, 2.45) is 0 Å². The highest BCUT2D eigenvalue weighted by atomic mass is 79.9. The summed E-state index contributed by atoms with van der Waals surface area (Å²) in [6, 6.07) is 13.8. The minimum Gasteiger partial charge on any atom is -0.319 e. The zero-order valence-corrected chi connectivity index (χ0v) is 13.4. The van der Waals surface area contributed by atoms with Crippen LogP contribution in [0.2, 0.25) is 0 Å². The van der Waals surface area contributed by atoms with Gasteiger partial charge in [0, 0.05) is 16.9 Å². The summed E-state index contributed by atoms with van der Waals surface area (Å²) in [7, 11) is 1.93. The second kappa shape index (κ2) is 7.00. The number of benzene rings is 2. The summed E-state index contributed by atoms with van der Waals surface area (Å²) in [5, 5.41) is 3.20. The Bertz CT molecular complexity index is 566. The molecular formula is C17H19BrFN. The predicted molar refractivity (Wildman–Crippen MR) is 85.7 cm³/mol. The lowest BCUT2D eigenvalue weighted by Crippen LogP contribution is -2.19. The standard InChI is InChI=1S/C17H19BrFN/c1-12-3-5-13(6-4-12)15(11-20-2)9-14-7-8-16(18)10-17(14)19/h3-8,10,15,20H,9,11H2,1-2H3. The van der Waals surface area contributed by atoms with Crippen LogP contribution in [-0.2, 0) is 6.42 Å². The molecule has 0 aliphatic rings. The van der Waals surface area contributed by atoms with E-state index in [9.17, 15) is 4.39 Å². The van der Waals surface area contributed by atoms with Crippen LogP contribution in [-0.4, -0.2) is 13.6 Å². The van der Waals surface area contributed by atoms with Crippen LogP contribution >= 0.6 is 15.9 Å². The summed E-state index contributed by atoms with van der Waals surface area (Å²) in [6.07, 6.45) is 0.697. The maximum Gasteiger partial charge on any atom is 0.127 e. The fourth-order valence-electron chi connectivity index (χ4n) is 2.35. The summed E-state index contributed by atoms with van der Waals surface area (Å²) in [5.74, 6) is 0.129. The van der Waals surface area contributed by atoms with Crippen LogP contribution in [0.25, 0.3) is 0 Å². The molecule has 0 spiro atoms. The van der Waals surface area contributed by atoms with Crippen LogP contribution in [0.1, 0.15) is 22.6 Å². The quantitative estimate of drug-likeness (QED) is 0.851. The Morgan fingerprint density at radius 2 is 1.85 bits per heavy atom. The van der Waals surface area contributed by atoms with E-state index in [4.69, 9.17) is 0 Å². The number of likely N-dealkylation sites (N-methyl/N-ethyl adjacent to an activating group) is 1. The summed E-state index contributed by atoms with van der Waals surface area (Å²) in [6.45, 7) is 2.91. The smallest absolute Gasteiger partial charge is 0.127 e. The SMILES string of the molecule is CNCC(Cc1ccc(Br)cc1F)c1ccc(C)cc1. The predicted octanol–water partition coefficient (Wildman–Crippen LogP) is 4.44. The van der Waals surface area contributed by atoms with Gasteiger partial charge in [-0.15, -0.1) is 0 Å². The third-order valence-electron chi connectivity index (χ3n) is 3.48. The Morgan fingerprint density at radius 3 is 2.45 bits per heavy atom. The molecule has 0 heterocycles. The summed E-state index contributed by atoms with van der Waals surface area (Å²) >= 11 is 3.29. The molecule has 0 bridgehead atoms. The van der Waals surface area contributed by atoms with E-state index in [0.717, 1.165) is 16.6 Å². The van der Waals surface area contributed by atoms with Gasteiger partial charge in [0.15, 0.2) is 0 Å². The third-order valence-corrected chi connectivity index (χ3v) is 3.97. The van der Waals surface area contributed by atoms with E-state index >= 15 is 0 Å². The molecule has 2 rings (SSSR count). The van der Waals surface area contributed by atoms with Gasteiger partial charge in [-0.3, -0.25) is 0 Å². The van der Waals surface area contributed by atoms with Crippen LogP contribution in [0.3, 0.4) is 0 Å². The average molecular weight is 336 g/mol. The lowest BCUT2D eigenvalue weighted by Gasteiger charge is -2.18. The van der Waals surface area contributed by atoms with Crippen LogP contribution in [0, 0.1) is 12.7 Å². The van der Waals surface area contributed by atoms with Gasteiger partial charge in [0.1, 0.15) is 5.82 Å². The first-order valence-corrected chi connectivity index (χ1v) is 7.54. The van der Waals surface area contributed by atoms with Crippen molar-refractivity contribution in [1.29, 1.82) is 0 Å². The molecular weight excluding hydrogens is 317 g/mol. The Kier molecular flexibility index (Phi) is 5.32. The highest BCUT2D eigenvalue weighted by molar-refractivity contribution is 9.10. The topological polar surface area (TPSA) is 12.0 Å². The number of hydrogen-bond donors (Lipinski definition) is 1. The van der Waals surface area contributed by atoms with E-state index in [2.05, 4.69) is 52.4 Å². The zero-order valence-electron chi connectivity index (χ0n) is 11.8. The second-order valence-corrected chi connectivity index (χ2v) is 6.02. The van der Waals surface area contributed by atoms with Gasteiger partial charge in [-0.05, 0) is 43.7 Å². The summed E-state index contributed by atoms with van der Waals surface area (Å²) in [4.78, 5) is 0. The minimum atomic E-state index is -0.146. The lowest BCUT2D eigenvalue weighted by atomic mass is 9.91. The molecule has 0 amide bonds. The number of nitrogens with one attached hydrogen (secondary N) is 1. The first-order valence-electron chi connectivity index (χ1n) is 6.75. The van der Waals surface area contributed by atoms with Gasteiger partial charge in [0.2, 0.25) is 0 Å². The average Bonchev–Trinajstić information content (AvgIpc) is 2.42. The van der Waals surface area contributed by atoms with Crippen LogP contribution in [0.5, 0.6) is 0 Å². The lowest BCUT2D eigenvalue weighted by molar-refractivity contribution is 0.574. The van der Waals surface area contributed by atoms with E-state index in [1.165, 1.54) is 17.2 Å². The molecule has 0 fully saturated rings. The molecule has 0 aromatic heterocycles. The van der Waals surface area contributed by atoms with Crippen molar-refractivity contribution < 1.29 is 4.39 Å². The van der Waals surface area contributed by atoms with Crippen LogP contribution < -0.4 is 5.32 Å². The number of rotatable bonds is 5. The molecule has 1 nitrogen and oxygen atoms in total. The maximum atomic E-state index is 14.0. The van der Waals surface area contributed by atoms with Crippen molar-refractivity contribution in [3.05, 3.63) is 69.4 Å². The van der Waals surface area contributed by atoms with Gasteiger partial charge >= 0.3 is 0 Å². The summed E-state index contributed by atoms with van der Waals surface area (Å²) < 4.78 is 14.8. The van der Waals surface area contributed by atoms with Gasteiger partial charge < -0.3 is 5.32 Å². The molecule has 0 aliphatic carbocycles. The Hall–Kier alpha value is -1.19. The molecule has 1 N–H and O–H groups in total. The number of halogens is 2. The van der Waals surface area contributed by atoms with Crippen molar-refractivity contribution in [1.82, 2.24) is 5.32 Å². The van der Waals surface area contributed by atoms with Gasteiger partial charge in [0.25, 0.3) is 0 Å². The van der Waals surface area contributed by atoms with Gasteiger partial charge in [0.05, 0.1) is 0 Å². The van der Waals surface area contributed by atoms with E-state index in [-0.39, 0.29) is 11.7 Å². The Morgan fingerprint density at radius 1 is 1.15 bits per heavy atom. The monoisotopic (exact) mass is 335 g/mol. The van der Waals surface area contributed by atoms with Gasteiger partial charge in [-0.25, -0.2) is 4.39 Å². The first kappa shape index (κ1) is 15.2. The molecule has 20 heavy (non-hydrogen) atoms.